The zero-order valence-electron chi connectivity index (χ0n) is 16.6. The van der Waals surface area contributed by atoms with Crippen LogP contribution in [0.15, 0.2) is 17.2 Å². The molecule has 1 amide bonds. The number of aryl methyl sites for hydroxylation is 1. The van der Waals surface area contributed by atoms with Crippen molar-refractivity contribution in [3.05, 3.63) is 51.2 Å². The summed E-state index contributed by atoms with van der Waals surface area (Å²) in [6.45, 7) is 9.70. The lowest BCUT2D eigenvalue weighted by atomic mass is 10.1. The van der Waals surface area contributed by atoms with E-state index >= 15 is 0 Å². The summed E-state index contributed by atoms with van der Waals surface area (Å²) in [5.41, 5.74) is 2.65. The van der Waals surface area contributed by atoms with Gasteiger partial charge in [-0.1, -0.05) is 0 Å². The Bertz CT molecular complexity index is 921. The van der Waals surface area contributed by atoms with Gasteiger partial charge in [-0.15, -0.1) is 0 Å². The Morgan fingerprint density at radius 3 is 2.70 bits per heavy atom. The lowest BCUT2D eigenvalue weighted by Gasteiger charge is -2.30. The number of aromatic nitrogens is 4. The van der Waals surface area contributed by atoms with Crippen molar-refractivity contribution in [2.24, 2.45) is 0 Å². The Hall–Kier alpha value is -2.61. The molecule has 0 fully saturated rings. The van der Waals surface area contributed by atoms with E-state index in [0.29, 0.717) is 43.7 Å². The van der Waals surface area contributed by atoms with Gasteiger partial charge in [0.2, 0.25) is 0 Å². The van der Waals surface area contributed by atoms with Crippen LogP contribution in [0.5, 0.6) is 0 Å². The molecule has 3 rings (SSSR count). The molecule has 1 aliphatic rings. The molecule has 0 atom stereocenters. The summed E-state index contributed by atoms with van der Waals surface area (Å²) in [6, 6.07) is 1.95. The van der Waals surface area contributed by atoms with Gasteiger partial charge in [0.1, 0.15) is 17.8 Å². The molecule has 0 unspecified atom stereocenters. The molecule has 0 N–H and O–H groups in total. The second-order valence-corrected chi connectivity index (χ2v) is 7.32. The van der Waals surface area contributed by atoms with Crippen LogP contribution in [0.4, 0.5) is 0 Å². The fourth-order valence-electron chi connectivity index (χ4n) is 3.03. The standard InChI is InChI=1S/C19H26N6O2/c1-12(2)23(5)9-15-8-17(26)25-7-6-24(10-16(25)22-15)19(27)18-13(3)14(4)20-11-21-18/h8,11-12H,6-7,9-10H2,1-5H3. The number of fused-ring (bicyclic) bond motifs is 1. The van der Waals surface area contributed by atoms with Crippen LogP contribution in [-0.2, 0) is 19.6 Å². The minimum atomic E-state index is -0.150. The summed E-state index contributed by atoms with van der Waals surface area (Å²) >= 11 is 0. The summed E-state index contributed by atoms with van der Waals surface area (Å²) in [7, 11) is 2.00. The molecule has 2 aromatic heterocycles. The number of hydrogen-bond donors (Lipinski definition) is 0. The van der Waals surface area contributed by atoms with Crippen LogP contribution >= 0.6 is 0 Å². The van der Waals surface area contributed by atoms with Crippen molar-refractivity contribution in [2.75, 3.05) is 13.6 Å². The topological polar surface area (TPSA) is 84.2 Å². The zero-order valence-corrected chi connectivity index (χ0v) is 16.6. The summed E-state index contributed by atoms with van der Waals surface area (Å²) in [4.78, 5) is 42.2. The Balaban J connectivity index is 1.86. The molecular formula is C19H26N6O2. The third kappa shape index (κ3) is 3.90. The monoisotopic (exact) mass is 370 g/mol. The molecule has 8 heteroatoms. The third-order valence-corrected chi connectivity index (χ3v) is 5.19. The smallest absolute Gasteiger partial charge is 0.273 e. The molecule has 0 spiro atoms. The van der Waals surface area contributed by atoms with Crippen LogP contribution in [0, 0.1) is 13.8 Å². The van der Waals surface area contributed by atoms with Gasteiger partial charge in [0.15, 0.2) is 0 Å². The van der Waals surface area contributed by atoms with Crippen molar-refractivity contribution < 1.29 is 4.79 Å². The van der Waals surface area contributed by atoms with Crippen LogP contribution in [0.1, 0.15) is 47.1 Å². The minimum Gasteiger partial charge on any atom is -0.328 e. The predicted molar refractivity (Wildman–Crippen MR) is 101 cm³/mol. The maximum atomic E-state index is 12.9. The minimum absolute atomic E-state index is 0.0617. The molecule has 0 bridgehead atoms. The molecule has 0 saturated carbocycles. The fraction of sp³-hybridized carbons (Fsp3) is 0.526. The number of carbonyl (C=O) groups is 1. The second-order valence-electron chi connectivity index (χ2n) is 7.32. The summed E-state index contributed by atoms with van der Waals surface area (Å²) in [5.74, 6) is 0.473. The zero-order chi connectivity index (χ0) is 19.7. The SMILES string of the molecule is Cc1ncnc(C(=O)N2CCn3c(nc(CN(C)C(C)C)cc3=O)C2)c1C. The van der Waals surface area contributed by atoms with E-state index in [1.807, 2.05) is 20.9 Å². The third-order valence-electron chi connectivity index (χ3n) is 5.19. The van der Waals surface area contributed by atoms with Crippen LogP contribution < -0.4 is 5.56 Å². The van der Waals surface area contributed by atoms with E-state index in [9.17, 15) is 9.59 Å². The first-order valence-corrected chi connectivity index (χ1v) is 9.15. The normalized spacial score (nSPS) is 14.0. The van der Waals surface area contributed by atoms with E-state index in [1.54, 1.807) is 15.5 Å². The van der Waals surface area contributed by atoms with Gasteiger partial charge in [0.05, 0.1) is 12.2 Å². The first-order chi connectivity index (χ1) is 12.8. The number of carbonyl (C=O) groups excluding carboxylic acids is 1. The molecule has 2 aromatic rings. The van der Waals surface area contributed by atoms with Gasteiger partial charge in [-0.2, -0.15) is 0 Å². The average Bonchev–Trinajstić information content (AvgIpc) is 2.63. The molecule has 8 nitrogen and oxygen atoms in total. The van der Waals surface area contributed by atoms with Gasteiger partial charge in [-0.05, 0) is 34.7 Å². The predicted octanol–water partition coefficient (Wildman–Crippen LogP) is 1.15. The van der Waals surface area contributed by atoms with Crippen LogP contribution in [-0.4, -0.2) is 54.9 Å². The van der Waals surface area contributed by atoms with Gasteiger partial charge in [0.25, 0.3) is 11.5 Å². The van der Waals surface area contributed by atoms with E-state index in [4.69, 9.17) is 0 Å². The lowest BCUT2D eigenvalue weighted by molar-refractivity contribution is 0.0696. The van der Waals surface area contributed by atoms with Crippen molar-refractivity contribution in [2.45, 2.75) is 53.4 Å². The molecule has 0 aromatic carbocycles. The van der Waals surface area contributed by atoms with Gasteiger partial charge >= 0.3 is 0 Å². The number of amides is 1. The largest absolute Gasteiger partial charge is 0.328 e. The highest BCUT2D eigenvalue weighted by atomic mass is 16.2. The Labute approximate surface area is 158 Å². The number of rotatable bonds is 4. The van der Waals surface area contributed by atoms with Crippen LogP contribution in [0.25, 0.3) is 0 Å². The van der Waals surface area contributed by atoms with E-state index < -0.39 is 0 Å². The molecule has 27 heavy (non-hydrogen) atoms. The quantitative estimate of drug-likeness (QED) is 0.803. The van der Waals surface area contributed by atoms with Gasteiger partial charge < -0.3 is 4.90 Å². The summed E-state index contributed by atoms with van der Waals surface area (Å²) < 4.78 is 1.65. The molecule has 3 heterocycles. The Morgan fingerprint density at radius 2 is 2.00 bits per heavy atom. The Morgan fingerprint density at radius 1 is 1.26 bits per heavy atom. The number of nitrogens with zero attached hydrogens (tertiary/aromatic N) is 6. The van der Waals surface area contributed by atoms with Crippen molar-refractivity contribution in [3.63, 3.8) is 0 Å². The van der Waals surface area contributed by atoms with E-state index in [1.165, 1.54) is 6.33 Å². The summed E-state index contributed by atoms with van der Waals surface area (Å²) in [5, 5.41) is 0. The molecule has 0 aliphatic carbocycles. The first-order valence-electron chi connectivity index (χ1n) is 9.15. The maximum Gasteiger partial charge on any atom is 0.273 e. The van der Waals surface area contributed by atoms with Gasteiger partial charge in [-0.25, -0.2) is 15.0 Å². The van der Waals surface area contributed by atoms with E-state index in [0.717, 1.165) is 17.0 Å². The molecule has 0 saturated heterocycles. The van der Waals surface area contributed by atoms with Gasteiger partial charge in [-0.3, -0.25) is 19.1 Å². The first kappa shape index (κ1) is 19.2. The van der Waals surface area contributed by atoms with Crippen LogP contribution in [0.3, 0.4) is 0 Å². The Kier molecular flexibility index (Phi) is 5.36. The van der Waals surface area contributed by atoms with Crippen molar-refractivity contribution in [1.29, 1.82) is 0 Å². The molecule has 144 valence electrons. The fourth-order valence-corrected chi connectivity index (χ4v) is 3.03. The number of hydrogen-bond acceptors (Lipinski definition) is 6. The maximum absolute atomic E-state index is 12.9. The molecule has 0 radical (unpaired) electrons. The lowest BCUT2D eigenvalue weighted by Crippen LogP contribution is -2.43. The van der Waals surface area contributed by atoms with Crippen LogP contribution in [0.2, 0.25) is 0 Å². The van der Waals surface area contributed by atoms with Crippen molar-refractivity contribution in [1.82, 2.24) is 29.3 Å². The van der Waals surface area contributed by atoms with E-state index in [2.05, 4.69) is 33.7 Å². The van der Waals surface area contributed by atoms with Gasteiger partial charge in [0, 0.05) is 43.0 Å². The van der Waals surface area contributed by atoms with E-state index in [-0.39, 0.29) is 11.5 Å². The highest BCUT2D eigenvalue weighted by Gasteiger charge is 2.26. The highest BCUT2D eigenvalue weighted by Crippen LogP contribution is 2.15. The van der Waals surface area contributed by atoms with Crippen molar-refractivity contribution >= 4 is 5.91 Å². The van der Waals surface area contributed by atoms with Crippen molar-refractivity contribution in [3.8, 4) is 0 Å². The summed E-state index contributed by atoms with van der Waals surface area (Å²) in [6.07, 6.45) is 1.41. The molecular weight excluding hydrogens is 344 g/mol. The molecule has 1 aliphatic heterocycles. The average molecular weight is 370 g/mol. The highest BCUT2D eigenvalue weighted by molar-refractivity contribution is 5.93. The second kappa shape index (κ2) is 7.56.